The minimum Gasteiger partial charge on any atom is -0.497 e. The maximum atomic E-state index is 13.0. The van der Waals surface area contributed by atoms with Crippen LogP contribution in [-0.4, -0.2) is 32.6 Å². The third kappa shape index (κ3) is 3.60. The number of methoxy groups -OCH3 is 2. The lowest BCUT2D eigenvalue weighted by atomic mass is 10.1. The van der Waals surface area contributed by atoms with E-state index < -0.39 is 10.0 Å². The Morgan fingerprint density at radius 1 is 1.00 bits per heavy atom. The zero-order valence-corrected chi connectivity index (χ0v) is 15.0. The van der Waals surface area contributed by atoms with E-state index in [9.17, 15) is 8.42 Å². The molecule has 26 heavy (non-hydrogen) atoms. The Morgan fingerprint density at radius 2 is 1.81 bits per heavy atom. The highest BCUT2D eigenvalue weighted by Gasteiger charge is 2.21. The molecule has 0 unspecified atom stereocenters. The highest BCUT2D eigenvalue weighted by Crippen LogP contribution is 2.32. The Balaban J connectivity index is 2.03. The van der Waals surface area contributed by atoms with E-state index in [1.165, 1.54) is 26.6 Å². The molecule has 134 valence electrons. The molecule has 1 heterocycles. The van der Waals surface area contributed by atoms with Gasteiger partial charge in [0.1, 0.15) is 17.8 Å². The summed E-state index contributed by atoms with van der Waals surface area (Å²) in [6, 6.07) is 13.1. The number of nitrogens with zero attached hydrogens (tertiary/aromatic N) is 2. The number of hydrogen-bond donors (Lipinski definition) is 1. The molecule has 0 atom stereocenters. The number of sulfonamides is 1. The summed E-state index contributed by atoms with van der Waals surface area (Å²) in [7, 11) is -0.891. The summed E-state index contributed by atoms with van der Waals surface area (Å²) in [5, 5.41) is 0. The van der Waals surface area contributed by atoms with Gasteiger partial charge in [-0.05, 0) is 24.3 Å². The second-order valence-corrected chi connectivity index (χ2v) is 6.91. The SMILES string of the molecule is COc1ccc(NS(=O)(=O)c2ccccc2-c2ccncn2)c(OC)c1. The Morgan fingerprint density at radius 3 is 2.50 bits per heavy atom. The van der Waals surface area contributed by atoms with Gasteiger partial charge in [0.15, 0.2) is 0 Å². The molecule has 0 aliphatic carbocycles. The van der Waals surface area contributed by atoms with Crippen molar-refractivity contribution in [3.05, 3.63) is 61.1 Å². The number of aromatic nitrogens is 2. The zero-order chi connectivity index (χ0) is 18.6. The predicted octanol–water partition coefficient (Wildman–Crippen LogP) is 2.96. The van der Waals surface area contributed by atoms with Crippen LogP contribution in [0.25, 0.3) is 11.3 Å². The van der Waals surface area contributed by atoms with Crippen LogP contribution < -0.4 is 14.2 Å². The van der Waals surface area contributed by atoms with E-state index in [1.54, 1.807) is 48.7 Å². The van der Waals surface area contributed by atoms with Crippen LogP contribution in [-0.2, 0) is 10.0 Å². The van der Waals surface area contributed by atoms with Gasteiger partial charge in [0, 0.05) is 17.8 Å². The van der Waals surface area contributed by atoms with Crippen molar-refractivity contribution in [2.75, 3.05) is 18.9 Å². The number of nitrogens with one attached hydrogen (secondary N) is 1. The Kier molecular flexibility index (Phi) is 5.04. The Labute approximate surface area is 151 Å². The second kappa shape index (κ2) is 7.40. The molecule has 1 aromatic heterocycles. The van der Waals surface area contributed by atoms with Crippen molar-refractivity contribution in [1.29, 1.82) is 0 Å². The molecular formula is C18H17N3O4S. The summed E-state index contributed by atoms with van der Waals surface area (Å²) in [6.45, 7) is 0. The minimum absolute atomic E-state index is 0.108. The lowest BCUT2D eigenvalue weighted by Crippen LogP contribution is -2.15. The molecule has 0 radical (unpaired) electrons. The van der Waals surface area contributed by atoms with Crippen LogP contribution in [0.5, 0.6) is 11.5 Å². The lowest BCUT2D eigenvalue weighted by molar-refractivity contribution is 0.395. The first-order chi connectivity index (χ1) is 12.5. The molecule has 8 heteroatoms. The van der Waals surface area contributed by atoms with E-state index in [-0.39, 0.29) is 4.90 Å². The van der Waals surface area contributed by atoms with Crippen molar-refractivity contribution in [3.8, 4) is 22.8 Å². The molecule has 2 aromatic carbocycles. The summed E-state index contributed by atoms with van der Waals surface area (Å²) in [4.78, 5) is 8.11. The van der Waals surface area contributed by atoms with Gasteiger partial charge in [-0.25, -0.2) is 18.4 Å². The molecule has 7 nitrogen and oxygen atoms in total. The van der Waals surface area contributed by atoms with Crippen molar-refractivity contribution >= 4 is 15.7 Å². The number of anilines is 1. The van der Waals surface area contributed by atoms with Gasteiger partial charge in [-0.2, -0.15) is 0 Å². The molecule has 1 N–H and O–H groups in total. The summed E-state index contributed by atoms with van der Waals surface area (Å²) < 4.78 is 38.9. The van der Waals surface area contributed by atoms with Crippen LogP contribution in [0.4, 0.5) is 5.69 Å². The van der Waals surface area contributed by atoms with Gasteiger partial charge < -0.3 is 9.47 Å². The summed E-state index contributed by atoms with van der Waals surface area (Å²) in [5.74, 6) is 0.915. The highest BCUT2D eigenvalue weighted by atomic mass is 32.2. The maximum absolute atomic E-state index is 13.0. The zero-order valence-electron chi connectivity index (χ0n) is 14.2. The van der Waals surface area contributed by atoms with Crippen LogP contribution in [0.2, 0.25) is 0 Å². The molecule has 0 amide bonds. The van der Waals surface area contributed by atoms with Crippen molar-refractivity contribution in [1.82, 2.24) is 9.97 Å². The van der Waals surface area contributed by atoms with Crippen molar-refractivity contribution in [2.24, 2.45) is 0 Å². The summed E-state index contributed by atoms with van der Waals surface area (Å²) in [6.07, 6.45) is 2.93. The van der Waals surface area contributed by atoms with Crippen molar-refractivity contribution < 1.29 is 17.9 Å². The molecule has 3 rings (SSSR count). The first-order valence-corrected chi connectivity index (χ1v) is 9.14. The normalized spacial score (nSPS) is 11.0. The lowest BCUT2D eigenvalue weighted by Gasteiger charge is -2.15. The first-order valence-electron chi connectivity index (χ1n) is 7.65. The fourth-order valence-electron chi connectivity index (χ4n) is 2.45. The molecule has 0 saturated heterocycles. The van der Waals surface area contributed by atoms with Gasteiger partial charge in [-0.15, -0.1) is 0 Å². The topological polar surface area (TPSA) is 90.4 Å². The minimum atomic E-state index is -3.88. The van der Waals surface area contributed by atoms with Crippen LogP contribution >= 0.6 is 0 Å². The van der Waals surface area contributed by atoms with Crippen molar-refractivity contribution in [3.63, 3.8) is 0 Å². The van der Waals surface area contributed by atoms with E-state index in [1.807, 2.05) is 0 Å². The molecule has 0 aliphatic rings. The average Bonchev–Trinajstić information content (AvgIpc) is 2.68. The molecular weight excluding hydrogens is 354 g/mol. The van der Waals surface area contributed by atoms with Crippen LogP contribution in [0.15, 0.2) is 66.0 Å². The van der Waals surface area contributed by atoms with E-state index in [0.717, 1.165) is 0 Å². The highest BCUT2D eigenvalue weighted by molar-refractivity contribution is 7.92. The molecule has 3 aromatic rings. The van der Waals surface area contributed by atoms with Crippen molar-refractivity contribution in [2.45, 2.75) is 4.90 Å². The summed E-state index contributed by atoms with van der Waals surface area (Å²) >= 11 is 0. The maximum Gasteiger partial charge on any atom is 0.262 e. The molecule has 0 bridgehead atoms. The van der Waals surface area contributed by atoms with E-state index in [4.69, 9.17) is 9.47 Å². The molecule has 0 aliphatic heterocycles. The van der Waals surface area contributed by atoms with Gasteiger partial charge in [-0.1, -0.05) is 18.2 Å². The monoisotopic (exact) mass is 371 g/mol. The van der Waals surface area contributed by atoms with Gasteiger partial charge in [0.2, 0.25) is 0 Å². The largest absolute Gasteiger partial charge is 0.497 e. The fourth-order valence-corrected chi connectivity index (χ4v) is 3.73. The quantitative estimate of drug-likeness (QED) is 0.716. The third-order valence-corrected chi connectivity index (χ3v) is 5.11. The van der Waals surface area contributed by atoms with Crippen LogP contribution in [0.3, 0.4) is 0 Å². The van der Waals surface area contributed by atoms with E-state index >= 15 is 0 Å². The summed E-state index contributed by atoms with van der Waals surface area (Å²) in [5.41, 5.74) is 1.31. The Hall–Kier alpha value is -3.13. The molecule has 0 saturated carbocycles. The first kappa shape index (κ1) is 17.7. The fraction of sp³-hybridized carbons (Fsp3) is 0.111. The molecule has 0 fully saturated rings. The number of benzene rings is 2. The predicted molar refractivity (Wildman–Crippen MR) is 97.8 cm³/mol. The standard InChI is InChI=1S/C18H17N3O4S/c1-24-13-7-8-16(17(11-13)25-2)21-26(22,23)18-6-4-3-5-14(18)15-9-10-19-12-20-15/h3-12,21H,1-2H3. The van der Waals surface area contributed by atoms with Crippen LogP contribution in [0.1, 0.15) is 0 Å². The smallest absolute Gasteiger partial charge is 0.262 e. The third-order valence-electron chi connectivity index (χ3n) is 3.69. The van der Waals surface area contributed by atoms with Gasteiger partial charge in [-0.3, -0.25) is 4.72 Å². The van der Waals surface area contributed by atoms with Gasteiger partial charge in [0.05, 0.1) is 30.5 Å². The number of rotatable bonds is 6. The average molecular weight is 371 g/mol. The van der Waals surface area contributed by atoms with E-state index in [2.05, 4.69) is 14.7 Å². The van der Waals surface area contributed by atoms with E-state index in [0.29, 0.717) is 28.4 Å². The Bertz CT molecular complexity index is 1010. The number of hydrogen-bond acceptors (Lipinski definition) is 6. The molecule has 0 spiro atoms. The van der Waals surface area contributed by atoms with Crippen LogP contribution in [0, 0.1) is 0 Å². The second-order valence-electron chi connectivity index (χ2n) is 5.26. The number of ether oxygens (including phenoxy) is 2. The van der Waals surface area contributed by atoms with Gasteiger partial charge in [0.25, 0.3) is 10.0 Å². The van der Waals surface area contributed by atoms with Gasteiger partial charge >= 0.3 is 0 Å².